The topological polar surface area (TPSA) is 51.1 Å². The van der Waals surface area contributed by atoms with Crippen LogP contribution in [0.5, 0.6) is 0 Å². The second-order valence-electron chi connectivity index (χ2n) is 8.15. The van der Waals surface area contributed by atoms with E-state index in [0.29, 0.717) is 13.0 Å². The second-order valence-corrected chi connectivity index (χ2v) is 8.15. The molecule has 1 saturated carbocycles. The van der Waals surface area contributed by atoms with Gasteiger partial charge in [0.05, 0.1) is 18.4 Å². The average molecular weight is 390 g/mol. The second kappa shape index (κ2) is 7.64. The molecule has 2 fully saturated rings. The molecule has 1 amide bonds. The summed E-state index contributed by atoms with van der Waals surface area (Å²) in [6.07, 6.45) is 5.06. The number of amides is 1. The highest BCUT2D eigenvalue weighted by molar-refractivity contribution is 6.04. The van der Waals surface area contributed by atoms with Gasteiger partial charge in [0.25, 0.3) is 5.91 Å². The molecule has 2 aliphatic heterocycles. The van der Waals surface area contributed by atoms with E-state index < -0.39 is 11.8 Å². The summed E-state index contributed by atoms with van der Waals surface area (Å²) < 4.78 is 6.37. The van der Waals surface area contributed by atoms with Gasteiger partial charge in [0, 0.05) is 6.42 Å². The minimum Gasteiger partial charge on any atom is -0.382 e. The van der Waals surface area contributed by atoms with E-state index in [2.05, 4.69) is 17.3 Å². The maximum Gasteiger partial charge on any atom is 0.269 e. The van der Waals surface area contributed by atoms with Crippen LogP contribution >= 0.6 is 0 Å². The van der Waals surface area contributed by atoms with Crippen molar-refractivity contribution in [3.63, 3.8) is 0 Å². The Hall–Kier alpha value is -2.66. The first kappa shape index (κ1) is 18.4. The van der Waals surface area contributed by atoms with E-state index in [-0.39, 0.29) is 11.9 Å². The van der Waals surface area contributed by atoms with Crippen molar-refractivity contribution < 1.29 is 14.4 Å². The molecule has 0 N–H and O–H groups in total. The van der Waals surface area contributed by atoms with Crippen molar-refractivity contribution in [2.75, 3.05) is 6.61 Å². The zero-order valence-corrected chi connectivity index (χ0v) is 16.5. The Morgan fingerprint density at radius 2 is 1.66 bits per heavy atom. The Balaban J connectivity index is 1.42. The van der Waals surface area contributed by atoms with Crippen LogP contribution in [0.4, 0.5) is 0 Å². The van der Waals surface area contributed by atoms with Gasteiger partial charge in [-0.15, -0.1) is 0 Å². The van der Waals surface area contributed by atoms with Gasteiger partial charge < -0.3 is 14.5 Å². The maximum atomic E-state index is 13.7. The summed E-state index contributed by atoms with van der Waals surface area (Å²) in [6, 6.07) is 20.1. The molecular weight excluding hydrogens is 364 g/mol. The van der Waals surface area contributed by atoms with Crippen LogP contribution in [-0.2, 0) is 14.4 Å². The third-order valence-electron chi connectivity index (χ3n) is 6.37. The summed E-state index contributed by atoms with van der Waals surface area (Å²) in [5, 5.41) is 4.24. The number of hydrogen-bond acceptors (Lipinski definition) is 4. The molecule has 1 saturated heterocycles. The molecule has 3 aliphatic rings. The summed E-state index contributed by atoms with van der Waals surface area (Å²) in [6.45, 7) is 0.537. The van der Waals surface area contributed by atoms with Crippen LogP contribution < -0.4 is 0 Å². The zero-order valence-electron chi connectivity index (χ0n) is 16.5. The lowest BCUT2D eigenvalue weighted by Gasteiger charge is -2.42. The largest absolute Gasteiger partial charge is 0.382 e. The minimum atomic E-state index is -0.586. The fraction of sp³-hybridized carbons (Fsp3) is 0.417. The highest BCUT2D eigenvalue weighted by atomic mass is 16.6. The van der Waals surface area contributed by atoms with E-state index in [9.17, 15) is 4.79 Å². The Kier molecular flexibility index (Phi) is 4.84. The van der Waals surface area contributed by atoms with E-state index in [1.807, 2.05) is 53.4 Å². The Labute approximate surface area is 171 Å². The zero-order chi connectivity index (χ0) is 19.7. The van der Waals surface area contributed by atoms with Crippen LogP contribution in [0.1, 0.15) is 55.7 Å². The summed E-state index contributed by atoms with van der Waals surface area (Å²) in [4.78, 5) is 21.4. The number of benzene rings is 2. The van der Waals surface area contributed by atoms with Crippen molar-refractivity contribution in [1.29, 1.82) is 0 Å². The van der Waals surface area contributed by atoms with E-state index in [1.165, 1.54) is 6.42 Å². The number of carbonyl (C=O) groups is 1. The molecule has 0 radical (unpaired) electrons. The van der Waals surface area contributed by atoms with E-state index in [4.69, 9.17) is 9.57 Å². The maximum absolute atomic E-state index is 13.7. The molecule has 1 aliphatic carbocycles. The van der Waals surface area contributed by atoms with Crippen molar-refractivity contribution in [3.05, 3.63) is 71.8 Å². The Bertz CT molecular complexity index is 891. The molecule has 150 valence electrons. The van der Waals surface area contributed by atoms with E-state index in [1.54, 1.807) is 0 Å². The number of oxime groups is 1. The van der Waals surface area contributed by atoms with Gasteiger partial charge in [-0.3, -0.25) is 4.79 Å². The molecule has 0 aromatic heterocycles. The fourth-order valence-corrected chi connectivity index (χ4v) is 4.89. The quantitative estimate of drug-likeness (QED) is 0.779. The predicted molar refractivity (Wildman–Crippen MR) is 110 cm³/mol. The highest BCUT2D eigenvalue weighted by Gasteiger charge is 2.53. The molecule has 29 heavy (non-hydrogen) atoms. The van der Waals surface area contributed by atoms with Crippen LogP contribution in [0.2, 0.25) is 0 Å². The van der Waals surface area contributed by atoms with E-state index >= 15 is 0 Å². The molecule has 2 heterocycles. The minimum absolute atomic E-state index is 0.00654. The molecular formula is C24H26N2O3. The molecule has 5 heteroatoms. The number of hydrogen-bond donors (Lipinski definition) is 0. The van der Waals surface area contributed by atoms with Crippen LogP contribution in [0.3, 0.4) is 0 Å². The van der Waals surface area contributed by atoms with Gasteiger partial charge >= 0.3 is 0 Å². The molecule has 5 nitrogen and oxygen atoms in total. The van der Waals surface area contributed by atoms with Crippen LogP contribution in [0, 0.1) is 0 Å². The lowest BCUT2D eigenvalue weighted by Crippen LogP contribution is -2.53. The number of ether oxygens (including phenoxy) is 1. The number of carbonyl (C=O) groups excluding carboxylic acids is 1. The smallest absolute Gasteiger partial charge is 0.269 e. The average Bonchev–Trinajstić information content (AvgIpc) is 3.41. The van der Waals surface area contributed by atoms with E-state index in [0.717, 1.165) is 42.5 Å². The molecule has 2 aromatic carbocycles. The fourth-order valence-electron chi connectivity index (χ4n) is 4.89. The van der Waals surface area contributed by atoms with Crippen molar-refractivity contribution in [2.24, 2.45) is 5.16 Å². The van der Waals surface area contributed by atoms with Gasteiger partial charge in [0.2, 0.25) is 6.10 Å². The third-order valence-corrected chi connectivity index (χ3v) is 6.37. The molecule has 0 bridgehead atoms. The monoisotopic (exact) mass is 390 g/mol. The summed E-state index contributed by atoms with van der Waals surface area (Å²) >= 11 is 0. The predicted octanol–water partition coefficient (Wildman–Crippen LogP) is 4.44. The van der Waals surface area contributed by atoms with Gasteiger partial charge in [-0.05, 0) is 36.8 Å². The van der Waals surface area contributed by atoms with Gasteiger partial charge in [-0.2, -0.15) is 0 Å². The van der Waals surface area contributed by atoms with Crippen LogP contribution in [-0.4, -0.2) is 35.0 Å². The SMILES string of the molecule is O=C([C@@H]1CC(c2ccccc2)=NO1)N1[C@H](c2ccccc2)COC12CCCCC2. The first-order valence-electron chi connectivity index (χ1n) is 10.6. The van der Waals surface area contributed by atoms with Gasteiger partial charge in [-0.25, -0.2) is 0 Å². The lowest BCUT2D eigenvalue weighted by molar-refractivity contribution is -0.167. The van der Waals surface area contributed by atoms with Crippen molar-refractivity contribution in [1.82, 2.24) is 4.90 Å². The first-order valence-corrected chi connectivity index (χ1v) is 10.6. The Morgan fingerprint density at radius 1 is 0.966 bits per heavy atom. The third kappa shape index (κ3) is 3.33. The molecule has 1 spiro atoms. The number of nitrogens with zero attached hydrogens (tertiary/aromatic N) is 2. The normalized spacial score (nSPS) is 25.7. The highest BCUT2D eigenvalue weighted by Crippen LogP contribution is 2.46. The summed E-state index contributed by atoms with van der Waals surface area (Å²) in [7, 11) is 0. The molecule has 2 atom stereocenters. The van der Waals surface area contributed by atoms with Crippen molar-refractivity contribution in [3.8, 4) is 0 Å². The van der Waals surface area contributed by atoms with Gasteiger partial charge in [0.15, 0.2) is 0 Å². The molecule has 5 rings (SSSR count). The summed E-state index contributed by atoms with van der Waals surface area (Å²) in [5.41, 5.74) is 2.45. The van der Waals surface area contributed by atoms with Crippen LogP contribution in [0.15, 0.2) is 65.8 Å². The lowest BCUT2D eigenvalue weighted by atomic mass is 9.89. The van der Waals surface area contributed by atoms with Gasteiger partial charge in [0.1, 0.15) is 5.72 Å². The van der Waals surface area contributed by atoms with Gasteiger partial charge in [-0.1, -0.05) is 72.2 Å². The van der Waals surface area contributed by atoms with Crippen molar-refractivity contribution >= 4 is 11.6 Å². The first-order chi connectivity index (χ1) is 14.3. The Morgan fingerprint density at radius 3 is 2.38 bits per heavy atom. The standard InChI is InChI=1S/C24H26N2O3/c27-23(22-16-20(25-29-22)18-10-4-1-5-11-18)26-21(19-12-6-2-7-13-19)17-28-24(26)14-8-3-9-15-24/h1-2,4-7,10-13,21-22H,3,8-9,14-17H2/t21-,22-/m0/s1. The molecule has 2 aromatic rings. The molecule has 0 unspecified atom stereocenters. The van der Waals surface area contributed by atoms with Crippen LogP contribution in [0.25, 0.3) is 0 Å². The number of rotatable bonds is 3. The summed E-state index contributed by atoms with van der Waals surface area (Å²) in [5.74, 6) is -0.00654. The van der Waals surface area contributed by atoms with Crippen molar-refractivity contribution in [2.45, 2.75) is 56.4 Å².